The van der Waals surface area contributed by atoms with Crippen molar-refractivity contribution in [2.75, 3.05) is 0 Å². The number of benzene rings is 3. The van der Waals surface area contributed by atoms with E-state index in [9.17, 15) is 14.4 Å². The number of hydrogen-bond acceptors (Lipinski definition) is 4. The number of hydrogen-bond donors (Lipinski definition) is 0. The summed E-state index contributed by atoms with van der Waals surface area (Å²) < 4.78 is 5.77. The van der Waals surface area contributed by atoms with Crippen LogP contribution in [0.4, 0.5) is 0 Å². The van der Waals surface area contributed by atoms with Gasteiger partial charge in [-0.1, -0.05) is 85.8 Å². The normalized spacial score (nSPS) is 20.0. The van der Waals surface area contributed by atoms with Crippen LogP contribution in [0.15, 0.2) is 78.9 Å². The first-order valence-corrected chi connectivity index (χ1v) is 10.7. The number of ketones is 2. The maximum Gasteiger partial charge on any atom is 0.325 e. The van der Waals surface area contributed by atoms with Gasteiger partial charge in [0.2, 0.25) is 0 Å². The smallest absolute Gasteiger partial charge is 0.325 e. The highest BCUT2D eigenvalue weighted by Crippen LogP contribution is 2.50. The van der Waals surface area contributed by atoms with Gasteiger partial charge in [0, 0.05) is 22.6 Å². The Kier molecular flexibility index (Phi) is 5.33. The van der Waals surface area contributed by atoms with Crippen molar-refractivity contribution in [3.05, 3.63) is 107 Å². The maximum atomic E-state index is 13.7. The quantitative estimate of drug-likeness (QED) is 0.314. The first-order valence-electron chi connectivity index (χ1n) is 10.7. The predicted octanol–water partition coefficient (Wildman–Crippen LogP) is 5.50. The van der Waals surface area contributed by atoms with Crippen LogP contribution in [0.2, 0.25) is 0 Å². The summed E-state index contributed by atoms with van der Waals surface area (Å²) in [4.78, 5) is 40.2. The third-order valence-corrected chi connectivity index (χ3v) is 6.04. The Labute approximate surface area is 188 Å². The van der Waals surface area contributed by atoms with E-state index < -0.39 is 22.9 Å². The second-order valence-electron chi connectivity index (χ2n) is 9.22. The van der Waals surface area contributed by atoms with Gasteiger partial charge in [0.15, 0.2) is 17.0 Å². The molecule has 4 nitrogen and oxygen atoms in total. The first kappa shape index (κ1) is 21.7. The molecule has 0 N–H and O–H groups in total. The van der Waals surface area contributed by atoms with Crippen molar-refractivity contribution < 1.29 is 19.1 Å². The molecule has 162 valence electrons. The molecule has 0 saturated heterocycles. The average Bonchev–Trinajstić information content (AvgIpc) is 3.01. The largest absolute Gasteiger partial charge is 0.459 e. The van der Waals surface area contributed by atoms with E-state index in [1.165, 1.54) is 0 Å². The van der Waals surface area contributed by atoms with Gasteiger partial charge < -0.3 is 4.74 Å². The molecule has 0 aromatic heterocycles. The average molecular weight is 427 g/mol. The molecule has 3 aromatic carbocycles. The Morgan fingerprint density at radius 3 is 1.97 bits per heavy atom. The lowest BCUT2D eigenvalue weighted by Crippen LogP contribution is -2.47. The van der Waals surface area contributed by atoms with Gasteiger partial charge in [-0.2, -0.15) is 0 Å². The van der Waals surface area contributed by atoms with E-state index in [1.54, 1.807) is 69.3 Å². The molecule has 1 aliphatic rings. The lowest BCUT2D eigenvalue weighted by atomic mass is 9.70. The number of fused-ring (bicyclic) bond motifs is 1. The molecule has 0 radical (unpaired) electrons. The Bertz CT molecular complexity index is 1190. The monoisotopic (exact) mass is 426 g/mol. The van der Waals surface area contributed by atoms with Crippen molar-refractivity contribution in [1.82, 2.24) is 0 Å². The summed E-state index contributed by atoms with van der Waals surface area (Å²) in [5.41, 5.74) is 0.732. The van der Waals surface area contributed by atoms with Crippen molar-refractivity contribution in [3.8, 4) is 0 Å². The van der Waals surface area contributed by atoms with Gasteiger partial charge in [0.05, 0.1) is 0 Å². The molecule has 4 heteroatoms. The van der Waals surface area contributed by atoms with Gasteiger partial charge in [0.25, 0.3) is 0 Å². The summed E-state index contributed by atoms with van der Waals surface area (Å²) in [6, 6.07) is 23.1. The second-order valence-corrected chi connectivity index (χ2v) is 9.22. The molecule has 32 heavy (non-hydrogen) atoms. The Balaban J connectivity index is 1.81. The molecular formula is C28H26O4. The lowest BCUT2D eigenvalue weighted by Gasteiger charge is -2.34. The molecule has 2 unspecified atom stereocenters. The van der Waals surface area contributed by atoms with Crippen LogP contribution < -0.4 is 0 Å². The van der Waals surface area contributed by atoms with Crippen LogP contribution in [0, 0.1) is 0 Å². The van der Waals surface area contributed by atoms with Crippen LogP contribution in [-0.4, -0.2) is 23.1 Å². The fourth-order valence-corrected chi connectivity index (χ4v) is 4.49. The SMILES string of the molecule is CC1c2ccccc2C(=O)C1(C(=O)OC(C)(C)C)c1ccc(C(=O)c2ccccc2)cc1. The lowest BCUT2D eigenvalue weighted by molar-refractivity contribution is -0.160. The van der Waals surface area contributed by atoms with Crippen LogP contribution in [0.5, 0.6) is 0 Å². The van der Waals surface area contributed by atoms with Crippen molar-refractivity contribution >= 4 is 17.5 Å². The minimum atomic E-state index is -1.49. The summed E-state index contributed by atoms with van der Waals surface area (Å²) in [6.45, 7) is 7.25. The van der Waals surface area contributed by atoms with E-state index in [0.29, 0.717) is 22.3 Å². The van der Waals surface area contributed by atoms with Gasteiger partial charge in [-0.15, -0.1) is 0 Å². The minimum Gasteiger partial charge on any atom is -0.459 e. The molecule has 0 aliphatic heterocycles. The van der Waals surface area contributed by atoms with Gasteiger partial charge in [-0.3, -0.25) is 14.4 Å². The topological polar surface area (TPSA) is 60.4 Å². The fraction of sp³-hybridized carbons (Fsp3) is 0.250. The van der Waals surface area contributed by atoms with E-state index in [2.05, 4.69) is 0 Å². The Morgan fingerprint density at radius 2 is 1.38 bits per heavy atom. The fourth-order valence-electron chi connectivity index (χ4n) is 4.49. The Hall–Kier alpha value is -3.53. The number of carbonyl (C=O) groups excluding carboxylic acids is 3. The summed E-state index contributed by atoms with van der Waals surface area (Å²) in [5, 5.41) is 0. The zero-order valence-corrected chi connectivity index (χ0v) is 18.7. The number of rotatable bonds is 4. The van der Waals surface area contributed by atoms with Crippen molar-refractivity contribution in [2.24, 2.45) is 0 Å². The number of ether oxygens (including phenoxy) is 1. The molecule has 4 rings (SSSR count). The molecule has 0 heterocycles. The summed E-state index contributed by atoms with van der Waals surface area (Å²) in [5.74, 6) is -1.35. The third kappa shape index (κ3) is 3.46. The van der Waals surface area contributed by atoms with E-state index >= 15 is 0 Å². The van der Waals surface area contributed by atoms with Crippen molar-refractivity contribution in [1.29, 1.82) is 0 Å². The van der Waals surface area contributed by atoms with E-state index in [0.717, 1.165) is 5.56 Å². The minimum absolute atomic E-state index is 0.113. The summed E-state index contributed by atoms with van der Waals surface area (Å²) in [7, 11) is 0. The highest BCUT2D eigenvalue weighted by molar-refractivity contribution is 6.21. The molecule has 1 aliphatic carbocycles. The van der Waals surface area contributed by atoms with Crippen LogP contribution >= 0.6 is 0 Å². The molecule has 0 fully saturated rings. The summed E-state index contributed by atoms with van der Waals surface area (Å²) >= 11 is 0. The van der Waals surface area contributed by atoms with E-state index in [-0.39, 0.29) is 11.6 Å². The Morgan fingerprint density at radius 1 is 0.812 bits per heavy atom. The zero-order valence-electron chi connectivity index (χ0n) is 18.7. The first-order chi connectivity index (χ1) is 15.2. The van der Waals surface area contributed by atoms with Crippen LogP contribution in [0.25, 0.3) is 0 Å². The molecule has 3 aromatic rings. The van der Waals surface area contributed by atoms with Gasteiger partial charge in [0.1, 0.15) is 5.60 Å². The standard InChI is InChI=1S/C28H26O4/c1-18-22-12-8-9-13-23(22)25(30)28(18,26(31)32-27(2,3)4)21-16-14-20(15-17-21)24(29)19-10-6-5-7-11-19/h5-18H,1-4H3. The second kappa shape index (κ2) is 7.86. The molecule has 0 saturated carbocycles. The molecule has 0 bridgehead atoms. The molecule has 0 amide bonds. The number of Topliss-reactive ketones (excluding diaryl/α,β-unsaturated/α-hetero) is 1. The number of esters is 1. The summed E-state index contributed by atoms with van der Waals surface area (Å²) in [6.07, 6.45) is 0. The van der Waals surface area contributed by atoms with Crippen LogP contribution in [0.3, 0.4) is 0 Å². The van der Waals surface area contributed by atoms with Gasteiger partial charge in [-0.25, -0.2) is 0 Å². The van der Waals surface area contributed by atoms with Crippen LogP contribution in [0.1, 0.15) is 71.0 Å². The van der Waals surface area contributed by atoms with Gasteiger partial charge in [-0.05, 0) is 31.9 Å². The molecular weight excluding hydrogens is 400 g/mol. The van der Waals surface area contributed by atoms with Crippen molar-refractivity contribution in [2.45, 2.75) is 44.6 Å². The molecule has 2 atom stereocenters. The molecule has 0 spiro atoms. The highest BCUT2D eigenvalue weighted by atomic mass is 16.6. The number of carbonyl (C=O) groups is 3. The maximum absolute atomic E-state index is 13.7. The van der Waals surface area contributed by atoms with E-state index in [1.807, 2.05) is 37.3 Å². The van der Waals surface area contributed by atoms with Crippen molar-refractivity contribution in [3.63, 3.8) is 0 Å². The highest BCUT2D eigenvalue weighted by Gasteiger charge is 2.59. The van der Waals surface area contributed by atoms with Gasteiger partial charge >= 0.3 is 5.97 Å². The third-order valence-electron chi connectivity index (χ3n) is 6.04. The zero-order chi connectivity index (χ0) is 23.1. The van der Waals surface area contributed by atoms with Crippen LogP contribution in [-0.2, 0) is 14.9 Å². The van der Waals surface area contributed by atoms with E-state index in [4.69, 9.17) is 4.74 Å². The predicted molar refractivity (Wildman–Crippen MR) is 123 cm³/mol.